The standard InChI is InChI=1S/C13H19ClN2O/c14-13-4-3-12(9-16-13)10-17-7-5-11-2-1-6-15-8-11/h3-4,9,11,15H,1-2,5-8,10H2/t11-/m1/s1. The topological polar surface area (TPSA) is 34.1 Å². The first kappa shape index (κ1) is 12.8. The quantitative estimate of drug-likeness (QED) is 0.648. The van der Waals surface area contributed by atoms with Crippen molar-refractivity contribution in [3.8, 4) is 0 Å². The molecule has 1 saturated heterocycles. The highest BCUT2D eigenvalue weighted by molar-refractivity contribution is 6.29. The first-order chi connectivity index (χ1) is 8.34. The second-order valence-electron chi connectivity index (χ2n) is 4.54. The highest BCUT2D eigenvalue weighted by Gasteiger charge is 2.12. The fraction of sp³-hybridized carbons (Fsp3) is 0.615. The minimum absolute atomic E-state index is 0.530. The lowest BCUT2D eigenvalue weighted by Crippen LogP contribution is -2.30. The van der Waals surface area contributed by atoms with Gasteiger partial charge in [0, 0.05) is 12.8 Å². The molecule has 1 aliphatic heterocycles. The zero-order valence-electron chi connectivity index (χ0n) is 9.99. The third-order valence-corrected chi connectivity index (χ3v) is 3.35. The van der Waals surface area contributed by atoms with Gasteiger partial charge in [0.05, 0.1) is 6.61 Å². The lowest BCUT2D eigenvalue weighted by Gasteiger charge is -2.22. The third kappa shape index (κ3) is 4.62. The molecule has 3 nitrogen and oxygen atoms in total. The molecular weight excluding hydrogens is 236 g/mol. The Morgan fingerprint density at radius 1 is 1.47 bits per heavy atom. The highest BCUT2D eigenvalue weighted by atomic mass is 35.5. The summed E-state index contributed by atoms with van der Waals surface area (Å²) in [5.41, 5.74) is 1.08. The Morgan fingerprint density at radius 3 is 3.12 bits per heavy atom. The van der Waals surface area contributed by atoms with E-state index in [0.29, 0.717) is 11.8 Å². The summed E-state index contributed by atoms with van der Waals surface area (Å²) in [6.45, 7) is 3.78. The van der Waals surface area contributed by atoms with E-state index in [9.17, 15) is 0 Å². The van der Waals surface area contributed by atoms with Crippen molar-refractivity contribution >= 4 is 11.6 Å². The first-order valence-electron chi connectivity index (χ1n) is 6.23. The Labute approximate surface area is 108 Å². The van der Waals surface area contributed by atoms with Crippen LogP contribution in [0.3, 0.4) is 0 Å². The molecule has 4 heteroatoms. The monoisotopic (exact) mass is 254 g/mol. The first-order valence-corrected chi connectivity index (χ1v) is 6.61. The maximum absolute atomic E-state index is 5.72. The summed E-state index contributed by atoms with van der Waals surface area (Å²) in [6, 6.07) is 3.75. The van der Waals surface area contributed by atoms with E-state index in [1.165, 1.54) is 19.4 Å². The van der Waals surface area contributed by atoms with Crippen LogP contribution in [0.5, 0.6) is 0 Å². The van der Waals surface area contributed by atoms with E-state index in [2.05, 4.69) is 10.3 Å². The van der Waals surface area contributed by atoms with Crippen LogP contribution in [0.4, 0.5) is 0 Å². The van der Waals surface area contributed by atoms with Gasteiger partial charge in [-0.25, -0.2) is 4.98 Å². The minimum Gasteiger partial charge on any atom is -0.377 e. The van der Waals surface area contributed by atoms with Crippen LogP contribution in [0.1, 0.15) is 24.8 Å². The zero-order valence-corrected chi connectivity index (χ0v) is 10.7. The predicted octanol–water partition coefficient (Wildman–Crippen LogP) is 2.64. The molecule has 1 fully saturated rings. The van der Waals surface area contributed by atoms with Gasteiger partial charge in [0.25, 0.3) is 0 Å². The SMILES string of the molecule is Clc1ccc(COCC[C@H]2CCCNC2)cn1. The van der Waals surface area contributed by atoms with Crippen LogP contribution in [-0.4, -0.2) is 24.7 Å². The van der Waals surface area contributed by atoms with Crippen molar-refractivity contribution in [2.24, 2.45) is 5.92 Å². The molecule has 1 N–H and O–H groups in total. The number of ether oxygens (including phenoxy) is 1. The molecule has 0 aliphatic carbocycles. The van der Waals surface area contributed by atoms with Crippen molar-refractivity contribution < 1.29 is 4.74 Å². The zero-order chi connectivity index (χ0) is 11.9. The van der Waals surface area contributed by atoms with Crippen molar-refractivity contribution in [1.82, 2.24) is 10.3 Å². The number of hydrogen-bond acceptors (Lipinski definition) is 3. The molecule has 1 aromatic heterocycles. The molecule has 17 heavy (non-hydrogen) atoms. The number of rotatable bonds is 5. The Bertz CT molecular complexity index is 323. The normalized spacial score (nSPS) is 20.4. The maximum atomic E-state index is 5.72. The summed E-state index contributed by atoms with van der Waals surface area (Å²) in [4.78, 5) is 4.02. The second-order valence-corrected chi connectivity index (χ2v) is 4.93. The molecule has 1 aliphatic rings. The maximum Gasteiger partial charge on any atom is 0.129 e. The molecule has 1 aromatic rings. The van der Waals surface area contributed by atoms with E-state index in [4.69, 9.17) is 16.3 Å². The third-order valence-electron chi connectivity index (χ3n) is 3.13. The summed E-state index contributed by atoms with van der Waals surface area (Å²) < 4.78 is 5.65. The molecule has 0 unspecified atom stereocenters. The highest BCUT2D eigenvalue weighted by Crippen LogP contribution is 2.14. The van der Waals surface area contributed by atoms with E-state index in [1.54, 1.807) is 12.3 Å². The van der Waals surface area contributed by atoms with Crippen LogP contribution in [0, 0.1) is 5.92 Å². The van der Waals surface area contributed by atoms with Crippen LogP contribution in [0.2, 0.25) is 5.15 Å². The number of aromatic nitrogens is 1. The predicted molar refractivity (Wildman–Crippen MR) is 69.1 cm³/mol. The van der Waals surface area contributed by atoms with Gasteiger partial charge < -0.3 is 10.1 Å². The van der Waals surface area contributed by atoms with Gasteiger partial charge in [0.1, 0.15) is 5.15 Å². The number of nitrogens with zero attached hydrogens (tertiary/aromatic N) is 1. The van der Waals surface area contributed by atoms with E-state index < -0.39 is 0 Å². The fourth-order valence-electron chi connectivity index (χ4n) is 2.10. The lowest BCUT2D eigenvalue weighted by atomic mass is 9.97. The molecule has 0 amide bonds. The van der Waals surface area contributed by atoms with E-state index in [-0.39, 0.29) is 0 Å². The molecule has 0 saturated carbocycles. The lowest BCUT2D eigenvalue weighted by molar-refractivity contribution is 0.103. The molecule has 0 bridgehead atoms. The summed E-state index contributed by atoms with van der Waals surface area (Å²) >= 11 is 5.72. The number of hydrogen-bond donors (Lipinski definition) is 1. The fourth-order valence-corrected chi connectivity index (χ4v) is 2.21. The number of pyridine rings is 1. The molecule has 94 valence electrons. The van der Waals surface area contributed by atoms with Gasteiger partial charge in [0.2, 0.25) is 0 Å². The van der Waals surface area contributed by atoms with Crippen LogP contribution in [0.15, 0.2) is 18.3 Å². The van der Waals surface area contributed by atoms with Crippen LogP contribution in [-0.2, 0) is 11.3 Å². The summed E-state index contributed by atoms with van der Waals surface area (Å²) in [6.07, 6.45) is 5.54. The van der Waals surface area contributed by atoms with Crippen LogP contribution < -0.4 is 5.32 Å². The van der Waals surface area contributed by atoms with Crippen molar-refractivity contribution in [2.45, 2.75) is 25.9 Å². The van der Waals surface area contributed by atoms with Gasteiger partial charge in [-0.3, -0.25) is 0 Å². The van der Waals surface area contributed by atoms with E-state index >= 15 is 0 Å². The van der Waals surface area contributed by atoms with Gasteiger partial charge in [-0.2, -0.15) is 0 Å². The summed E-state index contributed by atoms with van der Waals surface area (Å²) in [5.74, 6) is 0.784. The van der Waals surface area contributed by atoms with Crippen molar-refractivity contribution in [3.05, 3.63) is 29.0 Å². The largest absolute Gasteiger partial charge is 0.377 e. The van der Waals surface area contributed by atoms with E-state index in [1.807, 2.05) is 6.07 Å². The second kappa shape index (κ2) is 6.94. The molecule has 1 atom stereocenters. The smallest absolute Gasteiger partial charge is 0.129 e. The van der Waals surface area contributed by atoms with Gasteiger partial charge in [-0.05, 0) is 49.9 Å². The Hall–Kier alpha value is -0.640. The average Bonchev–Trinajstić information content (AvgIpc) is 2.38. The van der Waals surface area contributed by atoms with E-state index in [0.717, 1.165) is 31.1 Å². The van der Waals surface area contributed by atoms with Crippen molar-refractivity contribution in [3.63, 3.8) is 0 Å². The molecule has 0 radical (unpaired) electrons. The van der Waals surface area contributed by atoms with Crippen molar-refractivity contribution in [2.75, 3.05) is 19.7 Å². The summed E-state index contributed by atoms with van der Waals surface area (Å²) in [7, 11) is 0. The van der Waals surface area contributed by atoms with Crippen LogP contribution in [0.25, 0.3) is 0 Å². The number of piperidine rings is 1. The van der Waals surface area contributed by atoms with Gasteiger partial charge in [0.15, 0.2) is 0 Å². The van der Waals surface area contributed by atoms with Crippen molar-refractivity contribution in [1.29, 1.82) is 0 Å². The molecule has 2 heterocycles. The molecule has 2 rings (SSSR count). The Morgan fingerprint density at radius 2 is 2.41 bits per heavy atom. The Kier molecular flexibility index (Phi) is 5.23. The summed E-state index contributed by atoms with van der Waals surface area (Å²) in [5, 5.41) is 3.95. The molecular formula is C13H19ClN2O. The minimum atomic E-state index is 0.530. The van der Waals surface area contributed by atoms with Gasteiger partial charge >= 0.3 is 0 Å². The number of halogens is 1. The molecule has 0 aromatic carbocycles. The Balaban J connectivity index is 1.60. The number of nitrogens with one attached hydrogen (secondary N) is 1. The average molecular weight is 255 g/mol. The van der Waals surface area contributed by atoms with Gasteiger partial charge in [-0.15, -0.1) is 0 Å². The van der Waals surface area contributed by atoms with Gasteiger partial charge in [-0.1, -0.05) is 17.7 Å². The molecule has 0 spiro atoms. The van der Waals surface area contributed by atoms with Crippen LogP contribution >= 0.6 is 11.6 Å².